The summed E-state index contributed by atoms with van der Waals surface area (Å²) in [5.74, 6) is 0. The lowest BCUT2D eigenvalue weighted by atomic mass is 9.60. The fourth-order valence-corrected chi connectivity index (χ4v) is 3.30. The second-order valence-electron chi connectivity index (χ2n) is 5.57. The summed E-state index contributed by atoms with van der Waals surface area (Å²) in [6.07, 6.45) is 2.95. The molecule has 1 aromatic rings. The molecule has 4 N–H and O–H groups in total. The van der Waals surface area contributed by atoms with Crippen LogP contribution < -0.4 is 11.1 Å². The molecular formula is C14H20N2O. The van der Waals surface area contributed by atoms with Crippen molar-refractivity contribution in [3.8, 4) is 0 Å². The molecule has 1 atom stereocenters. The van der Waals surface area contributed by atoms with Crippen molar-refractivity contribution < 1.29 is 5.11 Å². The molecule has 0 bridgehead atoms. The van der Waals surface area contributed by atoms with E-state index in [4.69, 9.17) is 5.73 Å². The fraction of sp³-hybridized carbons (Fsp3) is 0.571. The Bertz CT molecular complexity index is 428. The minimum absolute atomic E-state index is 0.132. The first-order chi connectivity index (χ1) is 8.19. The highest BCUT2D eigenvalue weighted by molar-refractivity contribution is 5.33. The average molecular weight is 232 g/mol. The van der Waals surface area contributed by atoms with Gasteiger partial charge in [-0.1, -0.05) is 24.3 Å². The number of aliphatic hydroxyl groups is 1. The lowest BCUT2D eigenvalue weighted by molar-refractivity contribution is -0.122. The van der Waals surface area contributed by atoms with E-state index in [-0.39, 0.29) is 5.41 Å². The summed E-state index contributed by atoms with van der Waals surface area (Å²) in [5, 5.41) is 13.8. The Kier molecular flexibility index (Phi) is 2.51. The number of fused-ring (bicyclic) bond motifs is 1. The molecule has 17 heavy (non-hydrogen) atoms. The predicted molar refractivity (Wildman–Crippen MR) is 67.8 cm³/mol. The summed E-state index contributed by atoms with van der Waals surface area (Å²) in [6, 6.07) is 8.54. The molecule has 0 spiro atoms. The maximum absolute atomic E-state index is 10.7. The van der Waals surface area contributed by atoms with E-state index in [2.05, 4.69) is 29.6 Å². The van der Waals surface area contributed by atoms with Crippen molar-refractivity contribution in [1.82, 2.24) is 5.32 Å². The van der Waals surface area contributed by atoms with Gasteiger partial charge in [-0.05, 0) is 30.4 Å². The van der Waals surface area contributed by atoms with Crippen LogP contribution in [0, 0.1) is 5.41 Å². The number of rotatable bonds is 2. The van der Waals surface area contributed by atoms with Crippen molar-refractivity contribution in [3.63, 3.8) is 0 Å². The first kappa shape index (κ1) is 11.2. The van der Waals surface area contributed by atoms with E-state index in [1.54, 1.807) is 0 Å². The van der Waals surface area contributed by atoms with Crippen LogP contribution in [0.15, 0.2) is 24.3 Å². The molecule has 92 valence electrons. The number of hydrogen-bond acceptors (Lipinski definition) is 3. The summed E-state index contributed by atoms with van der Waals surface area (Å²) < 4.78 is 0. The fourth-order valence-electron chi connectivity index (χ4n) is 3.30. The van der Waals surface area contributed by atoms with Crippen molar-refractivity contribution in [2.45, 2.75) is 24.9 Å². The number of aryl methyl sites for hydroxylation is 1. The van der Waals surface area contributed by atoms with Gasteiger partial charge in [0, 0.05) is 25.0 Å². The van der Waals surface area contributed by atoms with Crippen molar-refractivity contribution >= 4 is 0 Å². The molecule has 2 aliphatic rings. The summed E-state index contributed by atoms with van der Waals surface area (Å²) in [7, 11) is 0. The lowest BCUT2D eigenvalue weighted by Crippen LogP contribution is -2.71. The average Bonchev–Trinajstić information content (AvgIpc) is 2.35. The SMILES string of the molecule is NCC1(C2(O)CNC2)CCc2ccccc2C1. The summed E-state index contributed by atoms with van der Waals surface area (Å²) in [4.78, 5) is 0. The second-order valence-corrected chi connectivity index (χ2v) is 5.57. The molecule has 0 amide bonds. The zero-order valence-corrected chi connectivity index (χ0v) is 10.1. The van der Waals surface area contributed by atoms with Gasteiger partial charge >= 0.3 is 0 Å². The quantitative estimate of drug-likeness (QED) is 0.694. The van der Waals surface area contributed by atoms with E-state index in [9.17, 15) is 5.11 Å². The predicted octanol–water partition coefficient (Wildman–Crippen LogP) is 0.455. The molecule has 1 saturated heterocycles. The van der Waals surface area contributed by atoms with Gasteiger partial charge in [0.1, 0.15) is 0 Å². The molecule has 1 unspecified atom stereocenters. The lowest BCUT2D eigenvalue weighted by Gasteiger charge is -2.54. The van der Waals surface area contributed by atoms with Gasteiger partial charge in [0.25, 0.3) is 0 Å². The Morgan fingerprint density at radius 3 is 2.53 bits per heavy atom. The van der Waals surface area contributed by atoms with Crippen molar-refractivity contribution in [1.29, 1.82) is 0 Å². The molecule has 3 nitrogen and oxygen atoms in total. The van der Waals surface area contributed by atoms with Crippen LogP contribution in [0.5, 0.6) is 0 Å². The molecule has 0 radical (unpaired) electrons. The third-order valence-electron chi connectivity index (χ3n) is 4.73. The largest absolute Gasteiger partial charge is 0.387 e. The van der Waals surface area contributed by atoms with E-state index < -0.39 is 5.60 Å². The molecule has 3 heteroatoms. The number of β-amino-alcohol motifs (C(OH)–C–C–N with tert-alkyl or cyclic N) is 1. The van der Waals surface area contributed by atoms with Crippen molar-refractivity contribution in [2.24, 2.45) is 11.1 Å². The zero-order chi connectivity index (χ0) is 11.9. The minimum Gasteiger partial charge on any atom is -0.387 e. The topological polar surface area (TPSA) is 58.3 Å². The normalized spacial score (nSPS) is 30.5. The standard InChI is InChI=1S/C14H20N2O/c15-8-13(14(17)9-16-10-14)6-5-11-3-1-2-4-12(11)7-13/h1-4,16-17H,5-10,15H2. The zero-order valence-electron chi connectivity index (χ0n) is 10.1. The number of benzene rings is 1. The van der Waals surface area contributed by atoms with Crippen LogP contribution in [0.25, 0.3) is 0 Å². The Labute approximate surface area is 102 Å². The van der Waals surface area contributed by atoms with Gasteiger partial charge in [-0.2, -0.15) is 0 Å². The van der Waals surface area contributed by atoms with Crippen molar-refractivity contribution in [2.75, 3.05) is 19.6 Å². The molecule has 0 saturated carbocycles. The van der Waals surface area contributed by atoms with Crippen LogP contribution in [-0.2, 0) is 12.8 Å². The molecule has 1 aliphatic heterocycles. The van der Waals surface area contributed by atoms with E-state index in [0.29, 0.717) is 19.6 Å². The molecule has 1 aliphatic carbocycles. The van der Waals surface area contributed by atoms with Gasteiger partial charge in [0.2, 0.25) is 0 Å². The minimum atomic E-state index is -0.602. The van der Waals surface area contributed by atoms with Crippen LogP contribution in [0.4, 0.5) is 0 Å². The molecule has 0 aromatic heterocycles. The molecular weight excluding hydrogens is 212 g/mol. The van der Waals surface area contributed by atoms with Gasteiger partial charge in [-0.25, -0.2) is 0 Å². The monoisotopic (exact) mass is 232 g/mol. The summed E-state index contributed by atoms with van der Waals surface area (Å²) in [5.41, 5.74) is 8.06. The Morgan fingerprint density at radius 1 is 1.24 bits per heavy atom. The molecule has 3 rings (SSSR count). The van der Waals surface area contributed by atoms with Crippen LogP contribution >= 0.6 is 0 Å². The van der Waals surface area contributed by atoms with Crippen molar-refractivity contribution in [3.05, 3.63) is 35.4 Å². The van der Waals surface area contributed by atoms with Gasteiger partial charge < -0.3 is 16.2 Å². The van der Waals surface area contributed by atoms with Crippen LogP contribution in [-0.4, -0.2) is 30.3 Å². The highest BCUT2D eigenvalue weighted by Gasteiger charge is 2.53. The summed E-state index contributed by atoms with van der Waals surface area (Å²) in [6.45, 7) is 1.94. The molecule has 1 heterocycles. The maximum atomic E-state index is 10.7. The van der Waals surface area contributed by atoms with E-state index in [1.807, 2.05) is 0 Å². The third kappa shape index (κ3) is 1.53. The highest BCUT2D eigenvalue weighted by atomic mass is 16.3. The summed E-state index contributed by atoms with van der Waals surface area (Å²) >= 11 is 0. The number of nitrogens with one attached hydrogen (secondary N) is 1. The maximum Gasteiger partial charge on any atom is 0.0966 e. The van der Waals surface area contributed by atoms with Gasteiger partial charge in [-0.3, -0.25) is 0 Å². The van der Waals surface area contributed by atoms with Gasteiger partial charge in [0.05, 0.1) is 5.60 Å². The van der Waals surface area contributed by atoms with Crippen LogP contribution in [0.3, 0.4) is 0 Å². The Balaban J connectivity index is 1.95. The Morgan fingerprint density at radius 2 is 1.94 bits per heavy atom. The van der Waals surface area contributed by atoms with Crippen LogP contribution in [0.2, 0.25) is 0 Å². The third-order valence-corrected chi connectivity index (χ3v) is 4.73. The van der Waals surface area contributed by atoms with E-state index >= 15 is 0 Å². The molecule has 1 fully saturated rings. The smallest absolute Gasteiger partial charge is 0.0966 e. The van der Waals surface area contributed by atoms with Crippen LogP contribution in [0.1, 0.15) is 17.5 Å². The Hall–Kier alpha value is -0.900. The molecule has 1 aromatic carbocycles. The number of hydrogen-bond donors (Lipinski definition) is 3. The second kappa shape index (κ2) is 3.80. The number of nitrogens with two attached hydrogens (primary N) is 1. The van der Waals surface area contributed by atoms with E-state index in [0.717, 1.165) is 19.3 Å². The highest BCUT2D eigenvalue weighted by Crippen LogP contribution is 2.44. The van der Waals surface area contributed by atoms with E-state index in [1.165, 1.54) is 11.1 Å². The first-order valence-electron chi connectivity index (χ1n) is 6.39. The first-order valence-corrected chi connectivity index (χ1v) is 6.39. The van der Waals surface area contributed by atoms with Gasteiger partial charge in [-0.15, -0.1) is 0 Å². The van der Waals surface area contributed by atoms with Gasteiger partial charge in [0.15, 0.2) is 0 Å².